The van der Waals surface area contributed by atoms with Gasteiger partial charge in [0.1, 0.15) is 6.54 Å². The monoisotopic (exact) mass is 430 g/mol. The van der Waals surface area contributed by atoms with E-state index in [0.29, 0.717) is 10.7 Å². The molecule has 1 amide bonds. The molecule has 7 nitrogen and oxygen atoms in total. The second-order valence-electron chi connectivity index (χ2n) is 7.01. The Hall–Kier alpha value is -3.91. The molecule has 5 aromatic rings. The summed E-state index contributed by atoms with van der Waals surface area (Å²) < 4.78 is 6.60. The molecular weight excluding hydrogens is 412 g/mol. The third-order valence-corrected chi connectivity index (χ3v) is 5.88. The van der Waals surface area contributed by atoms with E-state index in [1.54, 1.807) is 10.8 Å². The van der Waals surface area contributed by atoms with Crippen molar-refractivity contribution in [3.05, 3.63) is 71.9 Å². The molecular formula is C23H18N4O3S. The Morgan fingerprint density at radius 3 is 2.74 bits per heavy atom. The van der Waals surface area contributed by atoms with Gasteiger partial charge in [-0.15, -0.1) is 11.3 Å². The Morgan fingerprint density at radius 2 is 1.90 bits per heavy atom. The van der Waals surface area contributed by atoms with Gasteiger partial charge in [0, 0.05) is 45.1 Å². The molecule has 0 aliphatic rings. The second-order valence-corrected chi connectivity index (χ2v) is 7.87. The molecule has 0 aliphatic heterocycles. The Morgan fingerprint density at radius 1 is 1.13 bits per heavy atom. The van der Waals surface area contributed by atoms with E-state index in [1.165, 1.54) is 18.4 Å². The zero-order valence-electron chi connectivity index (χ0n) is 16.6. The van der Waals surface area contributed by atoms with E-state index in [9.17, 15) is 9.59 Å². The topological polar surface area (TPSA) is 89.0 Å². The lowest BCUT2D eigenvalue weighted by molar-refractivity contribution is -0.116. The third kappa shape index (κ3) is 3.47. The van der Waals surface area contributed by atoms with Crippen LogP contribution in [0.4, 0.5) is 5.13 Å². The van der Waals surface area contributed by atoms with Crippen LogP contribution >= 0.6 is 11.3 Å². The number of esters is 1. The van der Waals surface area contributed by atoms with Gasteiger partial charge in [-0.3, -0.25) is 4.79 Å². The molecule has 0 fully saturated rings. The summed E-state index contributed by atoms with van der Waals surface area (Å²) in [6, 6.07) is 15.4. The number of aromatic nitrogens is 3. The van der Waals surface area contributed by atoms with E-state index < -0.39 is 5.97 Å². The summed E-state index contributed by atoms with van der Waals surface area (Å²) in [4.78, 5) is 32.6. The lowest BCUT2D eigenvalue weighted by Crippen LogP contribution is -2.18. The Kier molecular flexibility index (Phi) is 4.76. The summed E-state index contributed by atoms with van der Waals surface area (Å²) >= 11 is 1.37. The summed E-state index contributed by atoms with van der Waals surface area (Å²) in [7, 11) is 1.34. The maximum atomic E-state index is 12.7. The van der Waals surface area contributed by atoms with Gasteiger partial charge in [0.05, 0.1) is 18.4 Å². The van der Waals surface area contributed by atoms with Crippen molar-refractivity contribution in [3.63, 3.8) is 0 Å². The lowest BCUT2D eigenvalue weighted by atomic mass is 10.1. The zero-order chi connectivity index (χ0) is 21.4. The minimum absolute atomic E-state index is 0.0551. The molecule has 8 heteroatoms. The molecule has 3 aromatic heterocycles. The first-order valence-corrected chi connectivity index (χ1v) is 10.5. The molecule has 0 bridgehead atoms. The van der Waals surface area contributed by atoms with Crippen LogP contribution in [0, 0.1) is 0 Å². The van der Waals surface area contributed by atoms with Gasteiger partial charge in [0.15, 0.2) is 5.13 Å². The number of methoxy groups -OCH3 is 1. The average molecular weight is 430 g/mol. The molecule has 0 spiro atoms. The number of fused-ring (bicyclic) bond motifs is 2. The van der Waals surface area contributed by atoms with Gasteiger partial charge in [0.25, 0.3) is 0 Å². The highest BCUT2D eigenvalue weighted by Crippen LogP contribution is 2.31. The number of ether oxygens (including phenoxy) is 1. The number of anilines is 1. The third-order valence-electron chi connectivity index (χ3n) is 5.12. The van der Waals surface area contributed by atoms with E-state index in [-0.39, 0.29) is 12.5 Å². The van der Waals surface area contributed by atoms with Gasteiger partial charge in [-0.25, -0.2) is 9.78 Å². The van der Waals surface area contributed by atoms with Crippen LogP contribution in [-0.4, -0.2) is 33.5 Å². The van der Waals surface area contributed by atoms with E-state index >= 15 is 0 Å². The fraction of sp³-hybridized carbons (Fsp3) is 0.0870. The minimum Gasteiger partial charge on any atom is -0.465 e. The molecule has 0 saturated carbocycles. The van der Waals surface area contributed by atoms with E-state index in [0.717, 1.165) is 33.1 Å². The Bertz CT molecular complexity index is 1430. The van der Waals surface area contributed by atoms with Crippen molar-refractivity contribution in [1.29, 1.82) is 0 Å². The maximum Gasteiger partial charge on any atom is 0.340 e. The number of carbonyl (C=O) groups excluding carboxylic acids is 2. The number of carbonyl (C=O) groups is 2. The normalized spacial score (nSPS) is 11.1. The van der Waals surface area contributed by atoms with Crippen LogP contribution < -0.4 is 5.32 Å². The second kappa shape index (κ2) is 7.73. The van der Waals surface area contributed by atoms with E-state index in [1.807, 2.05) is 60.1 Å². The summed E-state index contributed by atoms with van der Waals surface area (Å²) in [5, 5.41) is 7.14. The van der Waals surface area contributed by atoms with Crippen molar-refractivity contribution < 1.29 is 14.3 Å². The van der Waals surface area contributed by atoms with Gasteiger partial charge in [-0.1, -0.05) is 36.4 Å². The van der Waals surface area contributed by atoms with Crippen molar-refractivity contribution in [2.24, 2.45) is 0 Å². The minimum atomic E-state index is -0.432. The SMILES string of the molecule is COC(=O)c1cn(CC(=O)Nc2nc(-c3c[nH]c4ccccc34)cs2)c2ccccc12. The number of hydrogen-bond donors (Lipinski definition) is 2. The summed E-state index contributed by atoms with van der Waals surface area (Å²) in [6.45, 7) is 0.0551. The summed E-state index contributed by atoms with van der Waals surface area (Å²) in [6.07, 6.45) is 3.57. The fourth-order valence-electron chi connectivity index (χ4n) is 3.70. The van der Waals surface area contributed by atoms with Crippen LogP contribution in [0.25, 0.3) is 33.1 Å². The predicted molar refractivity (Wildman–Crippen MR) is 121 cm³/mol. The van der Waals surface area contributed by atoms with E-state index in [2.05, 4.69) is 15.3 Å². The van der Waals surface area contributed by atoms with Crippen LogP contribution in [0.15, 0.2) is 66.3 Å². The number of H-pyrrole nitrogens is 1. The number of rotatable bonds is 5. The molecule has 0 aliphatic carbocycles. The molecule has 5 rings (SSSR count). The molecule has 0 radical (unpaired) electrons. The van der Waals surface area contributed by atoms with Gasteiger partial charge < -0.3 is 19.6 Å². The zero-order valence-corrected chi connectivity index (χ0v) is 17.4. The number of nitrogens with one attached hydrogen (secondary N) is 2. The van der Waals surface area contributed by atoms with Crippen molar-refractivity contribution in [2.45, 2.75) is 6.54 Å². The molecule has 0 unspecified atom stereocenters. The predicted octanol–water partition coefficient (Wildman–Crippen LogP) is 4.67. The molecule has 0 saturated heterocycles. The highest BCUT2D eigenvalue weighted by atomic mass is 32.1. The smallest absolute Gasteiger partial charge is 0.340 e. The van der Waals surface area contributed by atoms with Crippen LogP contribution in [0.1, 0.15) is 10.4 Å². The molecule has 2 N–H and O–H groups in total. The standard InChI is InChI=1S/C23H18N4O3S/c1-30-22(29)17-11-27(20-9-5-3-7-15(17)20)12-21(28)26-23-25-19(13-31-23)16-10-24-18-8-4-2-6-14(16)18/h2-11,13,24H,12H2,1H3,(H,25,26,28). The van der Waals surface area contributed by atoms with Crippen LogP contribution in [0.5, 0.6) is 0 Å². The van der Waals surface area contributed by atoms with Crippen LogP contribution in [0.2, 0.25) is 0 Å². The van der Waals surface area contributed by atoms with E-state index in [4.69, 9.17) is 4.74 Å². The first-order chi connectivity index (χ1) is 15.1. The van der Waals surface area contributed by atoms with Crippen LogP contribution in [-0.2, 0) is 16.1 Å². The highest BCUT2D eigenvalue weighted by Gasteiger charge is 2.17. The first-order valence-electron chi connectivity index (χ1n) is 9.62. The Balaban J connectivity index is 1.37. The van der Waals surface area contributed by atoms with Gasteiger partial charge >= 0.3 is 5.97 Å². The van der Waals surface area contributed by atoms with Gasteiger partial charge in [0.2, 0.25) is 5.91 Å². The first kappa shape index (κ1) is 19.1. The number of benzene rings is 2. The van der Waals surface area contributed by atoms with Crippen molar-refractivity contribution in [3.8, 4) is 11.3 Å². The largest absolute Gasteiger partial charge is 0.465 e. The molecule has 31 heavy (non-hydrogen) atoms. The lowest BCUT2D eigenvalue weighted by Gasteiger charge is -2.05. The number of aromatic amines is 1. The summed E-state index contributed by atoms with van der Waals surface area (Å²) in [5.41, 5.74) is 4.05. The van der Waals surface area contributed by atoms with Gasteiger partial charge in [-0.05, 0) is 12.1 Å². The van der Waals surface area contributed by atoms with Crippen molar-refractivity contribution in [1.82, 2.24) is 14.5 Å². The Labute approximate surface area is 181 Å². The number of para-hydroxylation sites is 2. The number of thiazole rings is 1. The number of amides is 1. The van der Waals surface area contributed by atoms with Crippen LogP contribution in [0.3, 0.4) is 0 Å². The fourth-order valence-corrected chi connectivity index (χ4v) is 4.43. The number of nitrogens with zero attached hydrogens (tertiary/aromatic N) is 2. The summed E-state index contributed by atoms with van der Waals surface area (Å²) in [5.74, 6) is -0.657. The van der Waals surface area contributed by atoms with Crippen molar-refractivity contribution >= 4 is 50.2 Å². The number of hydrogen-bond acceptors (Lipinski definition) is 5. The maximum absolute atomic E-state index is 12.7. The molecule has 3 heterocycles. The molecule has 154 valence electrons. The quantitative estimate of drug-likeness (QED) is 0.397. The van der Waals surface area contributed by atoms with Crippen molar-refractivity contribution in [2.75, 3.05) is 12.4 Å². The molecule has 0 atom stereocenters. The molecule has 2 aromatic carbocycles. The van der Waals surface area contributed by atoms with Gasteiger partial charge in [-0.2, -0.15) is 0 Å². The highest BCUT2D eigenvalue weighted by molar-refractivity contribution is 7.14. The average Bonchev–Trinajstić information content (AvgIpc) is 3.50.